The largest absolute Gasteiger partial charge is 0.311 e. The van der Waals surface area contributed by atoms with E-state index in [2.05, 4.69) is 209 Å². The number of para-hydroxylation sites is 2. The van der Waals surface area contributed by atoms with Crippen LogP contribution >= 0.6 is 11.3 Å². The van der Waals surface area contributed by atoms with Crippen LogP contribution in [0.1, 0.15) is 134 Å². The van der Waals surface area contributed by atoms with Crippen LogP contribution in [-0.2, 0) is 23.7 Å². The zero-order valence-corrected chi connectivity index (χ0v) is 42.9. The first-order valence-corrected chi connectivity index (χ1v) is 27.0. The fourth-order valence-corrected chi connectivity index (χ4v) is 14.6. The molecule has 69 heavy (non-hydrogen) atoms. The van der Waals surface area contributed by atoms with Gasteiger partial charge < -0.3 is 14.4 Å². The molecule has 0 radical (unpaired) electrons. The summed E-state index contributed by atoms with van der Waals surface area (Å²) in [5, 5.41) is 3.93. The standard InChI is InChI=1S/C64H66BN3S/c1-9-13-19-42-25-28-45(29-26-42)66-56-39-47(67-54-23-17-15-21-48(54)49-22-16-18-24-55(49)67)31-34-53(56)65-60-57(66)36-44(43(12-4)20-14-10-2)37-58(60)68(61-50-32-27-41(11-3)35-59(50)69-62(61)65)46-30-33-51-52(38-46)64(7,8)40-63(51,5)6/h15-18,21-39,43H,9-14,19-20,40H2,1-8H3/t43-/m1/s1. The number of hydrogen-bond acceptors (Lipinski definition) is 3. The van der Waals surface area contributed by atoms with Crippen molar-refractivity contribution < 1.29 is 0 Å². The Morgan fingerprint density at radius 1 is 0.580 bits per heavy atom. The van der Waals surface area contributed by atoms with Crippen LogP contribution in [0.3, 0.4) is 0 Å². The minimum Gasteiger partial charge on any atom is -0.311 e. The summed E-state index contributed by atoms with van der Waals surface area (Å²) in [7, 11) is 0. The van der Waals surface area contributed by atoms with Crippen LogP contribution in [0.2, 0.25) is 0 Å². The number of hydrogen-bond donors (Lipinski definition) is 0. The van der Waals surface area contributed by atoms with Gasteiger partial charge in [-0.2, -0.15) is 0 Å². The first kappa shape index (κ1) is 44.2. The molecule has 5 heteroatoms. The second-order valence-electron chi connectivity index (χ2n) is 21.9. The number of thiophene rings is 1. The molecule has 9 aromatic rings. The molecule has 3 nitrogen and oxygen atoms in total. The lowest BCUT2D eigenvalue weighted by Gasteiger charge is -2.44. The number of fused-ring (bicyclic) bond motifs is 10. The normalized spacial score (nSPS) is 15.7. The average Bonchev–Trinajstić information content (AvgIpc) is 3.97. The number of nitrogens with zero attached hydrogens (tertiary/aromatic N) is 3. The van der Waals surface area contributed by atoms with E-state index in [9.17, 15) is 0 Å². The molecule has 346 valence electrons. The molecule has 12 rings (SSSR count). The first-order valence-electron chi connectivity index (χ1n) is 26.2. The number of anilines is 6. The molecule has 0 amide bonds. The monoisotopic (exact) mass is 920 g/mol. The number of benzene rings is 7. The molecule has 0 N–H and O–H groups in total. The van der Waals surface area contributed by atoms with Gasteiger partial charge in [-0.15, -0.1) is 11.3 Å². The van der Waals surface area contributed by atoms with Crippen LogP contribution in [0, 0.1) is 0 Å². The predicted octanol–water partition coefficient (Wildman–Crippen LogP) is 16.6. The van der Waals surface area contributed by atoms with Crippen molar-refractivity contribution >= 4 is 99.8 Å². The van der Waals surface area contributed by atoms with E-state index in [-0.39, 0.29) is 17.5 Å². The molecule has 1 atom stereocenters. The van der Waals surface area contributed by atoms with E-state index >= 15 is 0 Å². The Labute approximate surface area is 414 Å². The first-order chi connectivity index (χ1) is 33.5. The third-order valence-corrected chi connectivity index (χ3v) is 17.7. The Hall–Kier alpha value is -6.04. The number of rotatable bonds is 12. The molecule has 1 aliphatic carbocycles. The molecule has 0 spiro atoms. The summed E-state index contributed by atoms with van der Waals surface area (Å²) in [6, 6.07) is 55.1. The molecule has 3 aliphatic rings. The second kappa shape index (κ2) is 16.8. The van der Waals surface area contributed by atoms with Gasteiger partial charge in [-0.05, 0) is 161 Å². The van der Waals surface area contributed by atoms with Crippen LogP contribution in [0.25, 0.3) is 37.6 Å². The maximum atomic E-state index is 2.73. The maximum absolute atomic E-state index is 2.73. The summed E-state index contributed by atoms with van der Waals surface area (Å²) in [5.41, 5.74) is 21.7. The van der Waals surface area contributed by atoms with Gasteiger partial charge in [0.05, 0.1) is 16.7 Å². The van der Waals surface area contributed by atoms with E-state index in [0.717, 1.165) is 25.7 Å². The van der Waals surface area contributed by atoms with Crippen LogP contribution in [0.5, 0.6) is 0 Å². The molecular weight excluding hydrogens is 854 g/mol. The summed E-state index contributed by atoms with van der Waals surface area (Å²) in [5.74, 6) is 0.447. The fraction of sp³-hybridized carbons (Fsp3) is 0.312. The van der Waals surface area contributed by atoms with Crippen molar-refractivity contribution in [2.75, 3.05) is 9.80 Å². The molecule has 7 aromatic carbocycles. The zero-order chi connectivity index (χ0) is 47.3. The van der Waals surface area contributed by atoms with E-state index in [1.807, 2.05) is 11.3 Å². The molecule has 0 bridgehead atoms. The summed E-state index contributed by atoms with van der Waals surface area (Å²) >= 11 is 2.03. The smallest absolute Gasteiger partial charge is 0.264 e. The third kappa shape index (κ3) is 6.96. The average molecular weight is 920 g/mol. The Bertz CT molecular complexity index is 3410. The van der Waals surface area contributed by atoms with Crippen molar-refractivity contribution in [3.8, 4) is 5.69 Å². The zero-order valence-electron chi connectivity index (χ0n) is 42.0. The van der Waals surface area contributed by atoms with Crippen LogP contribution < -0.4 is 25.5 Å². The SMILES string of the molecule is CCCCc1ccc(N2c3cc(-n4c5ccccc5c5ccccc54)ccc3B3c4sc5cc(CC)ccc5c4N(c4ccc5c(c4)C(C)(C)CC5(C)C)c4cc([C@H](CC)CCCC)cc2c43)cc1. The summed E-state index contributed by atoms with van der Waals surface area (Å²) in [6.07, 6.45) is 10.4. The highest BCUT2D eigenvalue weighted by atomic mass is 32.1. The van der Waals surface area contributed by atoms with Gasteiger partial charge in [0.1, 0.15) is 0 Å². The fourth-order valence-electron chi connectivity index (χ4n) is 13.2. The van der Waals surface area contributed by atoms with Gasteiger partial charge in [0.2, 0.25) is 0 Å². The number of aryl methyl sites for hydroxylation is 2. The van der Waals surface area contributed by atoms with E-state index in [1.165, 1.54) is 147 Å². The van der Waals surface area contributed by atoms with Gasteiger partial charge in [0.15, 0.2) is 0 Å². The minimum atomic E-state index is 0.0561. The molecular formula is C64H66BN3S. The van der Waals surface area contributed by atoms with Gasteiger partial charge in [-0.1, -0.05) is 147 Å². The molecule has 0 unspecified atom stereocenters. The Kier molecular flexibility index (Phi) is 10.8. The molecule has 0 saturated heterocycles. The minimum absolute atomic E-state index is 0.0561. The molecule has 2 aromatic heterocycles. The van der Waals surface area contributed by atoms with Gasteiger partial charge in [0.25, 0.3) is 6.71 Å². The predicted molar refractivity (Wildman–Crippen MR) is 301 cm³/mol. The van der Waals surface area contributed by atoms with Crippen LogP contribution in [0.15, 0.2) is 140 Å². The summed E-state index contributed by atoms with van der Waals surface area (Å²) in [4.78, 5) is 5.40. The molecule has 0 saturated carbocycles. The lowest BCUT2D eigenvalue weighted by molar-refractivity contribution is 0.403. The highest BCUT2D eigenvalue weighted by molar-refractivity contribution is 7.33. The van der Waals surface area contributed by atoms with Gasteiger partial charge in [-0.3, -0.25) is 0 Å². The summed E-state index contributed by atoms with van der Waals surface area (Å²) < 4.78 is 5.32. The van der Waals surface area contributed by atoms with Gasteiger partial charge in [0, 0.05) is 59.8 Å². The molecule has 2 aliphatic heterocycles. The lowest BCUT2D eigenvalue weighted by Crippen LogP contribution is -2.60. The van der Waals surface area contributed by atoms with E-state index in [1.54, 1.807) is 0 Å². The van der Waals surface area contributed by atoms with Crippen molar-refractivity contribution in [3.63, 3.8) is 0 Å². The van der Waals surface area contributed by atoms with Crippen molar-refractivity contribution in [3.05, 3.63) is 167 Å². The van der Waals surface area contributed by atoms with Crippen molar-refractivity contribution in [1.29, 1.82) is 0 Å². The maximum Gasteiger partial charge on any atom is 0.264 e. The van der Waals surface area contributed by atoms with Gasteiger partial charge >= 0.3 is 0 Å². The topological polar surface area (TPSA) is 11.4 Å². The Morgan fingerprint density at radius 2 is 1.23 bits per heavy atom. The summed E-state index contributed by atoms with van der Waals surface area (Å²) in [6.45, 7) is 19.2. The Morgan fingerprint density at radius 3 is 1.93 bits per heavy atom. The van der Waals surface area contributed by atoms with E-state index < -0.39 is 0 Å². The van der Waals surface area contributed by atoms with Crippen molar-refractivity contribution in [2.45, 2.75) is 130 Å². The van der Waals surface area contributed by atoms with Gasteiger partial charge in [-0.25, -0.2) is 0 Å². The van der Waals surface area contributed by atoms with Crippen LogP contribution in [-0.4, -0.2) is 11.3 Å². The Balaban J connectivity index is 1.18. The molecule has 4 heterocycles. The highest BCUT2D eigenvalue weighted by Crippen LogP contribution is 2.54. The van der Waals surface area contributed by atoms with E-state index in [4.69, 9.17) is 0 Å². The third-order valence-electron chi connectivity index (χ3n) is 16.5. The van der Waals surface area contributed by atoms with Crippen molar-refractivity contribution in [2.24, 2.45) is 0 Å². The highest BCUT2D eigenvalue weighted by Gasteiger charge is 2.47. The van der Waals surface area contributed by atoms with Crippen LogP contribution in [0.4, 0.5) is 34.1 Å². The van der Waals surface area contributed by atoms with Crippen molar-refractivity contribution in [1.82, 2.24) is 4.57 Å². The van der Waals surface area contributed by atoms with E-state index in [0.29, 0.717) is 5.92 Å². The lowest BCUT2D eigenvalue weighted by atomic mass is 9.36. The molecule has 0 fully saturated rings. The number of unbranched alkanes of at least 4 members (excludes halogenated alkanes) is 2. The quantitative estimate of drug-likeness (QED) is 0.113. The second-order valence-corrected chi connectivity index (χ2v) is 23.0. The number of aromatic nitrogens is 1.